The maximum atomic E-state index is 10.6. The average molecular weight is 275 g/mol. The lowest BCUT2D eigenvalue weighted by molar-refractivity contribution is -0.385. The summed E-state index contributed by atoms with van der Waals surface area (Å²) in [6.45, 7) is 3.80. The van der Waals surface area contributed by atoms with Gasteiger partial charge in [-0.1, -0.05) is 6.42 Å². The third kappa shape index (κ3) is 3.65. The molecule has 0 saturated carbocycles. The minimum atomic E-state index is -0.550. The summed E-state index contributed by atoms with van der Waals surface area (Å²) in [5.74, 6) is 0.412. The summed E-state index contributed by atoms with van der Waals surface area (Å²) < 4.78 is 0. The van der Waals surface area contributed by atoms with Crippen molar-refractivity contribution in [2.75, 3.05) is 31.5 Å². The molecule has 106 valence electrons. The summed E-state index contributed by atoms with van der Waals surface area (Å²) in [6, 6.07) is 3.18. The Hall–Kier alpha value is -2.20. The lowest BCUT2D eigenvalue weighted by Crippen LogP contribution is -2.33. The van der Waals surface area contributed by atoms with Crippen LogP contribution in [0.2, 0.25) is 0 Å². The molecule has 7 heteroatoms. The second-order valence-corrected chi connectivity index (χ2v) is 4.79. The van der Waals surface area contributed by atoms with E-state index in [1.165, 1.54) is 31.5 Å². The normalized spacial score (nSPS) is 15.6. The fourth-order valence-corrected chi connectivity index (χ4v) is 2.30. The van der Waals surface area contributed by atoms with E-state index in [4.69, 9.17) is 5.26 Å². The van der Waals surface area contributed by atoms with Crippen molar-refractivity contribution in [3.05, 3.63) is 27.9 Å². The highest BCUT2D eigenvalue weighted by Crippen LogP contribution is 2.18. The molecule has 1 aromatic heterocycles. The van der Waals surface area contributed by atoms with Crippen LogP contribution >= 0.6 is 0 Å². The molecule has 1 aliphatic heterocycles. The summed E-state index contributed by atoms with van der Waals surface area (Å²) in [5.41, 5.74) is 0.0426. The van der Waals surface area contributed by atoms with Gasteiger partial charge in [-0.3, -0.25) is 10.1 Å². The van der Waals surface area contributed by atoms with Gasteiger partial charge in [0.25, 0.3) is 5.69 Å². The average Bonchev–Trinajstić information content (AvgIpc) is 2.48. The topological polar surface area (TPSA) is 95.1 Å². The Morgan fingerprint density at radius 2 is 2.20 bits per heavy atom. The standard InChI is InChI=1S/C13H17N5O2/c14-9-11-8-12(18(19)20)10-16-13(11)15-4-7-17-5-2-1-3-6-17/h8,10H,1-7H2,(H,15,16). The fraction of sp³-hybridized carbons (Fsp3) is 0.538. The number of anilines is 1. The maximum Gasteiger partial charge on any atom is 0.289 e. The molecule has 1 fully saturated rings. The van der Waals surface area contributed by atoms with Crippen molar-refractivity contribution in [1.29, 1.82) is 5.26 Å². The minimum absolute atomic E-state index is 0.164. The van der Waals surface area contributed by atoms with E-state index in [-0.39, 0.29) is 11.3 Å². The summed E-state index contributed by atoms with van der Waals surface area (Å²) in [6.07, 6.45) is 4.94. The van der Waals surface area contributed by atoms with E-state index < -0.39 is 4.92 Å². The van der Waals surface area contributed by atoms with Crippen LogP contribution in [0.5, 0.6) is 0 Å². The van der Waals surface area contributed by atoms with Gasteiger partial charge in [0.2, 0.25) is 0 Å². The summed E-state index contributed by atoms with van der Waals surface area (Å²) >= 11 is 0. The van der Waals surface area contributed by atoms with Crippen LogP contribution in [0.15, 0.2) is 12.3 Å². The SMILES string of the molecule is N#Cc1cc([N+](=O)[O-])cnc1NCCN1CCCCC1. The molecule has 0 unspecified atom stereocenters. The van der Waals surface area contributed by atoms with E-state index >= 15 is 0 Å². The zero-order valence-corrected chi connectivity index (χ0v) is 11.2. The van der Waals surface area contributed by atoms with Gasteiger partial charge in [0.05, 0.1) is 4.92 Å². The highest BCUT2D eigenvalue weighted by molar-refractivity contribution is 5.55. The fourth-order valence-electron chi connectivity index (χ4n) is 2.30. The first kappa shape index (κ1) is 14.2. The van der Waals surface area contributed by atoms with Crippen LogP contribution < -0.4 is 5.32 Å². The van der Waals surface area contributed by atoms with Gasteiger partial charge in [-0.05, 0) is 25.9 Å². The van der Waals surface area contributed by atoms with Crippen LogP contribution in [0.1, 0.15) is 24.8 Å². The first-order chi connectivity index (χ1) is 9.70. The van der Waals surface area contributed by atoms with Crippen LogP contribution in [-0.2, 0) is 0 Å². The lowest BCUT2D eigenvalue weighted by atomic mass is 10.1. The minimum Gasteiger partial charge on any atom is -0.368 e. The summed E-state index contributed by atoms with van der Waals surface area (Å²) in [4.78, 5) is 16.4. The molecule has 0 bridgehead atoms. The van der Waals surface area contributed by atoms with Gasteiger partial charge < -0.3 is 10.2 Å². The molecule has 2 heterocycles. The quantitative estimate of drug-likeness (QED) is 0.650. The Morgan fingerprint density at radius 3 is 2.85 bits per heavy atom. The molecular weight excluding hydrogens is 258 g/mol. The number of nitrogens with zero attached hydrogens (tertiary/aromatic N) is 4. The predicted molar refractivity (Wildman–Crippen MR) is 74.4 cm³/mol. The van der Waals surface area contributed by atoms with Crippen molar-refractivity contribution in [3.8, 4) is 6.07 Å². The van der Waals surface area contributed by atoms with Gasteiger partial charge in [-0.2, -0.15) is 5.26 Å². The Labute approximate surface area is 117 Å². The predicted octanol–water partition coefficient (Wildman–Crippen LogP) is 1.76. The van der Waals surface area contributed by atoms with E-state index in [9.17, 15) is 10.1 Å². The molecule has 1 aliphatic rings. The number of hydrogen-bond donors (Lipinski definition) is 1. The van der Waals surface area contributed by atoms with Gasteiger partial charge in [0.1, 0.15) is 23.6 Å². The van der Waals surface area contributed by atoms with Crippen molar-refractivity contribution in [3.63, 3.8) is 0 Å². The smallest absolute Gasteiger partial charge is 0.289 e. The van der Waals surface area contributed by atoms with E-state index in [1.54, 1.807) is 0 Å². The maximum absolute atomic E-state index is 10.6. The summed E-state index contributed by atoms with van der Waals surface area (Å²) in [5, 5.41) is 22.7. The zero-order chi connectivity index (χ0) is 14.4. The summed E-state index contributed by atoms with van der Waals surface area (Å²) in [7, 11) is 0. The monoisotopic (exact) mass is 275 g/mol. The molecule has 0 spiro atoms. The van der Waals surface area contributed by atoms with E-state index in [1.807, 2.05) is 6.07 Å². The molecule has 1 saturated heterocycles. The molecule has 0 atom stereocenters. The Balaban J connectivity index is 1.92. The van der Waals surface area contributed by atoms with Gasteiger partial charge in [0.15, 0.2) is 0 Å². The number of hydrogen-bond acceptors (Lipinski definition) is 6. The second kappa shape index (κ2) is 6.82. The Bertz CT molecular complexity index is 520. The molecule has 0 aromatic carbocycles. The van der Waals surface area contributed by atoms with E-state index in [0.29, 0.717) is 12.4 Å². The zero-order valence-electron chi connectivity index (χ0n) is 11.2. The van der Waals surface area contributed by atoms with Crippen LogP contribution in [0, 0.1) is 21.4 Å². The van der Waals surface area contributed by atoms with Gasteiger partial charge in [-0.15, -0.1) is 0 Å². The van der Waals surface area contributed by atoms with Gasteiger partial charge in [-0.25, -0.2) is 4.98 Å². The number of pyridine rings is 1. The molecule has 20 heavy (non-hydrogen) atoms. The van der Waals surface area contributed by atoms with Gasteiger partial charge >= 0.3 is 0 Å². The second-order valence-electron chi connectivity index (χ2n) is 4.79. The van der Waals surface area contributed by atoms with Crippen molar-refractivity contribution in [2.45, 2.75) is 19.3 Å². The molecule has 2 rings (SSSR count). The number of nitrogens with one attached hydrogen (secondary N) is 1. The first-order valence-corrected chi connectivity index (χ1v) is 6.71. The number of likely N-dealkylation sites (tertiary alicyclic amines) is 1. The molecule has 1 N–H and O–H groups in total. The lowest BCUT2D eigenvalue weighted by Gasteiger charge is -2.26. The van der Waals surface area contributed by atoms with Crippen molar-refractivity contribution in [1.82, 2.24) is 9.88 Å². The number of nitro groups is 1. The van der Waals surface area contributed by atoms with Gasteiger partial charge in [0, 0.05) is 19.2 Å². The third-order valence-electron chi connectivity index (χ3n) is 3.37. The van der Waals surface area contributed by atoms with Crippen LogP contribution in [0.3, 0.4) is 0 Å². The van der Waals surface area contributed by atoms with Crippen molar-refractivity contribution in [2.24, 2.45) is 0 Å². The number of aromatic nitrogens is 1. The molecule has 1 aromatic rings. The van der Waals surface area contributed by atoms with Crippen LogP contribution in [-0.4, -0.2) is 41.0 Å². The molecule has 0 aliphatic carbocycles. The molecule has 0 amide bonds. The Morgan fingerprint density at radius 1 is 1.45 bits per heavy atom. The van der Waals surface area contributed by atoms with E-state index in [0.717, 1.165) is 19.6 Å². The van der Waals surface area contributed by atoms with Crippen LogP contribution in [0.4, 0.5) is 11.5 Å². The molecular formula is C13H17N5O2. The molecule has 0 radical (unpaired) electrons. The highest BCUT2D eigenvalue weighted by atomic mass is 16.6. The first-order valence-electron chi connectivity index (χ1n) is 6.71. The number of nitriles is 1. The van der Waals surface area contributed by atoms with Crippen molar-refractivity contribution >= 4 is 11.5 Å². The van der Waals surface area contributed by atoms with E-state index in [2.05, 4.69) is 15.2 Å². The van der Waals surface area contributed by atoms with Crippen LogP contribution in [0.25, 0.3) is 0 Å². The highest BCUT2D eigenvalue weighted by Gasteiger charge is 2.13. The largest absolute Gasteiger partial charge is 0.368 e. The number of piperidine rings is 1. The number of rotatable bonds is 5. The van der Waals surface area contributed by atoms with Crippen molar-refractivity contribution < 1.29 is 4.92 Å². The Kier molecular flexibility index (Phi) is 4.85. The third-order valence-corrected chi connectivity index (χ3v) is 3.37. The molecule has 7 nitrogen and oxygen atoms in total.